The maximum atomic E-state index is 12.7. The van der Waals surface area contributed by atoms with Gasteiger partial charge in [-0.3, -0.25) is 4.79 Å². The second-order valence-electron chi connectivity index (χ2n) is 4.85. The molecule has 0 saturated heterocycles. The summed E-state index contributed by atoms with van der Waals surface area (Å²) in [6, 6.07) is 4.77. The number of Topliss-reactive ketones (excluding diaryl/α,β-unsaturated/α-hetero) is 1. The second-order valence-corrected chi connectivity index (χ2v) is 4.85. The number of ketones is 1. The van der Waals surface area contributed by atoms with Gasteiger partial charge in [0.25, 0.3) is 0 Å². The van der Waals surface area contributed by atoms with E-state index in [-0.39, 0.29) is 11.5 Å². The minimum absolute atomic E-state index is 0.211. The molecule has 0 spiro atoms. The van der Waals surface area contributed by atoms with Crippen LogP contribution >= 0.6 is 0 Å². The van der Waals surface area contributed by atoms with E-state index in [1.807, 2.05) is 6.92 Å². The van der Waals surface area contributed by atoms with Gasteiger partial charge in [0.2, 0.25) is 5.78 Å². The summed E-state index contributed by atoms with van der Waals surface area (Å²) in [6.45, 7) is 9.06. The first kappa shape index (κ1) is 20.3. The maximum absolute atomic E-state index is 12.7. The molecule has 0 aromatic heterocycles. The van der Waals surface area contributed by atoms with Crippen LogP contribution in [-0.2, 0) is 9.47 Å². The van der Waals surface area contributed by atoms with Crippen molar-refractivity contribution in [2.75, 3.05) is 27.4 Å². The number of methoxy groups -OCH3 is 2. The third-order valence-electron chi connectivity index (χ3n) is 3.27. The number of hydrogen-bond acceptors (Lipinski definition) is 6. The van der Waals surface area contributed by atoms with Gasteiger partial charge in [0.1, 0.15) is 0 Å². The Labute approximate surface area is 148 Å². The van der Waals surface area contributed by atoms with Crippen molar-refractivity contribution in [1.82, 2.24) is 0 Å². The van der Waals surface area contributed by atoms with Crippen LogP contribution in [0.15, 0.2) is 55.0 Å². The van der Waals surface area contributed by atoms with E-state index in [9.17, 15) is 9.90 Å². The molecule has 0 aliphatic rings. The Balaban J connectivity index is 3.07. The van der Waals surface area contributed by atoms with Crippen molar-refractivity contribution in [1.29, 1.82) is 0 Å². The largest absolute Gasteiger partial charge is 0.493 e. The van der Waals surface area contributed by atoms with E-state index in [2.05, 4.69) is 13.2 Å². The molecule has 0 aliphatic heterocycles. The molecule has 0 saturated carbocycles. The Morgan fingerprint density at radius 2 is 2.04 bits per heavy atom. The van der Waals surface area contributed by atoms with Crippen LogP contribution in [0.5, 0.6) is 11.5 Å². The highest BCUT2D eigenvalue weighted by Crippen LogP contribution is 2.29. The molecule has 0 bridgehead atoms. The molecule has 136 valence electrons. The fourth-order valence-corrected chi connectivity index (χ4v) is 2.01. The van der Waals surface area contributed by atoms with Gasteiger partial charge in [0.05, 0.1) is 27.4 Å². The first-order valence-electron chi connectivity index (χ1n) is 7.70. The Kier molecular flexibility index (Phi) is 8.29. The summed E-state index contributed by atoms with van der Waals surface area (Å²) in [7, 11) is 2.91. The minimum Gasteiger partial charge on any atom is -0.493 e. The predicted octanol–water partition coefficient (Wildman–Crippen LogP) is 2.88. The van der Waals surface area contributed by atoms with Crippen LogP contribution in [0.4, 0.5) is 0 Å². The van der Waals surface area contributed by atoms with Gasteiger partial charge in [0, 0.05) is 5.56 Å². The van der Waals surface area contributed by atoms with Gasteiger partial charge in [-0.05, 0) is 31.2 Å². The number of aliphatic hydroxyl groups excluding tert-OH is 1. The molecule has 1 rings (SSSR count). The summed E-state index contributed by atoms with van der Waals surface area (Å²) in [4.78, 5) is 12.7. The van der Waals surface area contributed by atoms with Crippen molar-refractivity contribution in [2.45, 2.75) is 13.0 Å². The van der Waals surface area contributed by atoms with E-state index < -0.39 is 18.5 Å². The highest BCUT2D eigenvalue weighted by molar-refractivity contribution is 6.00. The number of rotatable bonds is 11. The Morgan fingerprint density at radius 3 is 2.56 bits per heavy atom. The van der Waals surface area contributed by atoms with Crippen molar-refractivity contribution in [3.63, 3.8) is 0 Å². The first-order valence-corrected chi connectivity index (χ1v) is 7.70. The molecule has 1 atom stereocenters. The molecule has 6 heteroatoms. The van der Waals surface area contributed by atoms with Crippen LogP contribution in [0.1, 0.15) is 17.3 Å². The standard InChI is InChI=1S/C19H24O6/c1-6-8-15(13(3)22-4)25-18(12-20)19(21)14-9-10-16(24-7-2)17(11-14)23-5/h6,8-11,18,20H,1,3,7,12H2,2,4-5H3/b15-8+. The molecule has 0 radical (unpaired) electrons. The van der Waals surface area contributed by atoms with E-state index in [1.165, 1.54) is 26.4 Å². The fourth-order valence-electron chi connectivity index (χ4n) is 2.01. The Hall–Kier alpha value is -2.73. The van der Waals surface area contributed by atoms with Gasteiger partial charge >= 0.3 is 0 Å². The topological polar surface area (TPSA) is 74.2 Å². The molecule has 0 fully saturated rings. The van der Waals surface area contributed by atoms with Crippen molar-refractivity contribution in [3.8, 4) is 11.5 Å². The molecule has 0 aliphatic carbocycles. The van der Waals surface area contributed by atoms with E-state index in [1.54, 1.807) is 18.2 Å². The van der Waals surface area contributed by atoms with E-state index in [0.717, 1.165) is 0 Å². The quantitative estimate of drug-likeness (QED) is 0.377. The highest BCUT2D eigenvalue weighted by atomic mass is 16.5. The van der Waals surface area contributed by atoms with Crippen LogP contribution in [0.25, 0.3) is 0 Å². The number of benzene rings is 1. The number of hydrogen-bond donors (Lipinski definition) is 1. The summed E-state index contributed by atoms with van der Waals surface area (Å²) >= 11 is 0. The lowest BCUT2D eigenvalue weighted by atomic mass is 10.1. The summed E-state index contributed by atoms with van der Waals surface area (Å²) in [5.74, 6) is 0.969. The Bertz CT molecular complexity index is 647. The first-order chi connectivity index (χ1) is 12.0. The highest BCUT2D eigenvalue weighted by Gasteiger charge is 2.24. The van der Waals surface area contributed by atoms with Gasteiger partial charge in [-0.1, -0.05) is 19.2 Å². The molecule has 1 unspecified atom stereocenters. The predicted molar refractivity (Wildman–Crippen MR) is 94.9 cm³/mol. The molecule has 1 aromatic rings. The monoisotopic (exact) mass is 348 g/mol. The SMILES string of the molecule is C=C/C=C(/OC(CO)C(=O)c1ccc(OCC)c(OC)c1)C(=C)OC. The normalized spacial score (nSPS) is 12.1. The van der Waals surface area contributed by atoms with Crippen molar-refractivity contribution in [2.24, 2.45) is 0 Å². The average molecular weight is 348 g/mol. The molecule has 0 heterocycles. The van der Waals surface area contributed by atoms with Crippen molar-refractivity contribution in [3.05, 3.63) is 60.6 Å². The van der Waals surface area contributed by atoms with Crippen molar-refractivity contribution >= 4 is 5.78 Å². The van der Waals surface area contributed by atoms with Gasteiger partial charge in [-0.2, -0.15) is 0 Å². The van der Waals surface area contributed by atoms with Gasteiger partial charge in [-0.25, -0.2) is 0 Å². The van der Waals surface area contributed by atoms with Crippen LogP contribution in [-0.4, -0.2) is 44.4 Å². The zero-order chi connectivity index (χ0) is 18.8. The minimum atomic E-state index is -1.12. The average Bonchev–Trinajstić information content (AvgIpc) is 2.64. The fraction of sp³-hybridized carbons (Fsp3) is 0.316. The molecular formula is C19H24O6. The number of aliphatic hydroxyl groups is 1. The number of allylic oxidation sites excluding steroid dienone is 2. The Morgan fingerprint density at radius 1 is 1.32 bits per heavy atom. The molecular weight excluding hydrogens is 324 g/mol. The number of carbonyl (C=O) groups is 1. The molecule has 1 aromatic carbocycles. The van der Waals surface area contributed by atoms with Gasteiger partial charge < -0.3 is 24.1 Å². The van der Waals surface area contributed by atoms with Crippen LogP contribution in [0.2, 0.25) is 0 Å². The number of carbonyl (C=O) groups excluding carboxylic acids is 1. The zero-order valence-electron chi connectivity index (χ0n) is 14.8. The molecule has 6 nitrogen and oxygen atoms in total. The van der Waals surface area contributed by atoms with Crippen LogP contribution in [0, 0.1) is 0 Å². The number of ether oxygens (including phenoxy) is 4. The molecule has 25 heavy (non-hydrogen) atoms. The summed E-state index contributed by atoms with van der Waals surface area (Å²) in [6.07, 6.45) is 1.85. The smallest absolute Gasteiger partial charge is 0.205 e. The second kappa shape index (κ2) is 10.2. The molecule has 1 N–H and O–H groups in total. The molecule has 0 amide bonds. The third kappa shape index (κ3) is 5.39. The van der Waals surface area contributed by atoms with E-state index >= 15 is 0 Å². The lowest BCUT2D eigenvalue weighted by molar-refractivity contribution is 0.0409. The van der Waals surface area contributed by atoms with Gasteiger partial charge in [0.15, 0.2) is 29.1 Å². The van der Waals surface area contributed by atoms with Crippen LogP contribution in [0.3, 0.4) is 0 Å². The van der Waals surface area contributed by atoms with E-state index in [4.69, 9.17) is 18.9 Å². The van der Waals surface area contributed by atoms with Gasteiger partial charge in [-0.15, -0.1) is 0 Å². The van der Waals surface area contributed by atoms with Crippen LogP contribution < -0.4 is 9.47 Å². The maximum Gasteiger partial charge on any atom is 0.205 e. The zero-order valence-corrected chi connectivity index (χ0v) is 14.8. The summed E-state index contributed by atoms with van der Waals surface area (Å²) < 4.78 is 21.2. The van der Waals surface area contributed by atoms with Crippen molar-refractivity contribution < 1.29 is 28.8 Å². The summed E-state index contributed by atoms with van der Waals surface area (Å²) in [5, 5.41) is 9.57. The summed E-state index contributed by atoms with van der Waals surface area (Å²) in [5.41, 5.74) is 0.320. The third-order valence-corrected chi connectivity index (χ3v) is 3.27. The van der Waals surface area contributed by atoms with E-state index in [0.29, 0.717) is 23.7 Å². The lowest BCUT2D eigenvalue weighted by Crippen LogP contribution is -2.28. The lowest BCUT2D eigenvalue weighted by Gasteiger charge is -2.19.